The highest BCUT2D eigenvalue weighted by molar-refractivity contribution is 9.08. The van der Waals surface area contributed by atoms with E-state index in [9.17, 15) is 19.2 Å². The Bertz CT molecular complexity index is 886. The Morgan fingerprint density at radius 3 is 1.97 bits per heavy atom. The summed E-state index contributed by atoms with van der Waals surface area (Å²) in [4.78, 5) is 47.2. The highest BCUT2D eigenvalue weighted by Crippen LogP contribution is 2.41. The molecule has 1 heterocycles. The minimum Gasteiger partial charge on any atom is -0.496 e. The zero-order chi connectivity index (χ0) is 24.7. The minimum atomic E-state index is -1.24. The number of hydrogen-bond donors (Lipinski definition) is 0. The van der Waals surface area contributed by atoms with Crippen molar-refractivity contribution in [3.05, 3.63) is 29.3 Å². The van der Waals surface area contributed by atoms with E-state index in [4.69, 9.17) is 28.4 Å². The summed E-state index contributed by atoms with van der Waals surface area (Å²) in [5.41, 5.74) is 1.38. The lowest BCUT2D eigenvalue weighted by molar-refractivity contribution is -0.254. The van der Waals surface area contributed by atoms with Crippen LogP contribution in [0.3, 0.4) is 0 Å². The summed E-state index contributed by atoms with van der Waals surface area (Å²) < 4.78 is 33.2. The number of hydrogen-bond acceptors (Lipinski definition) is 10. The fraction of sp³-hybridized carbons (Fsp3) is 0.545. The van der Waals surface area contributed by atoms with Crippen molar-refractivity contribution in [2.24, 2.45) is 0 Å². The first-order valence-electron chi connectivity index (χ1n) is 10.1. The second-order valence-electron chi connectivity index (χ2n) is 7.33. The first-order chi connectivity index (χ1) is 15.6. The molecule has 182 valence electrons. The normalized spacial score (nSPS) is 24.4. The van der Waals surface area contributed by atoms with E-state index < -0.39 is 54.4 Å². The zero-order valence-corrected chi connectivity index (χ0v) is 20.6. The number of carbonyl (C=O) groups excluding carboxylic acids is 4. The molecule has 11 heteroatoms. The van der Waals surface area contributed by atoms with Gasteiger partial charge in [0.2, 0.25) is 0 Å². The van der Waals surface area contributed by atoms with Crippen molar-refractivity contribution in [2.75, 3.05) is 13.7 Å². The van der Waals surface area contributed by atoms with Gasteiger partial charge in [-0.25, -0.2) is 0 Å². The van der Waals surface area contributed by atoms with E-state index in [1.165, 1.54) is 34.8 Å². The first-order valence-corrected chi connectivity index (χ1v) is 11.2. The molecule has 5 atom stereocenters. The second-order valence-corrected chi connectivity index (χ2v) is 7.89. The molecule has 1 aromatic rings. The van der Waals surface area contributed by atoms with Gasteiger partial charge in [0.1, 0.15) is 24.6 Å². The number of ether oxygens (including phenoxy) is 6. The average molecular weight is 531 g/mol. The van der Waals surface area contributed by atoms with E-state index in [2.05, 4.69) is 15.9 Å². The molecular formula is C22H27BrO10. The number of carbonyl (C=O) groups is 4. The lowest BCUT2D eigenvalue weighted by atomic mass is 9.89. The average Bonchev–Trinajstić information content (AvgIpc) is 2.73. The fourth-order valence-corrected chi connectivity index (χ4v) is 3.92. The lowest BCUT2D eigenvalue weighted by Gasteiger charge is -2.44. The molecule has 0 aliphatic carbocycles. The molecule has 0 aromatic heterocycles. The molecule has 1 fully saturated rings. The summed E-state index contributed by atoms with van der Waals surface area (Å²) in [5.74, 6) is -2.20. The maximum Gasteiger partial charge on any atom is 0.303 e. The smallest absolute Gasteiger partial charge is 0.303 e. The third kappa shape index (κ3) is 7.16. The molecule has 2 unspecified atom stereocenters. The van der Waals surface area contributed by atoms with Crippen molar-refractivity contribution in [3.8, 4) is 5.75 Å². The summed E-state index contributed by atoms with van der Waals surface area (Å²) >= 11 is 3.40. The van der Waals surface area contributed by atoms with Gasteiger partial charge in [0.25, 0.3) is 0 Å². The van der Waals surface area contributed by atoms with Crippen LogP contribution in [0.1, 0.15) is 44.9 Å². The Labute approximate surface area is 199 Å². The maximum absolute atomic E-state index is 12.0. The summed E-state index contributed by atoms with van der Waals surface area (Å²) in [6.45, 7) is 4.46. The van der Waals surface area contributed by atoms with Crippen LogP contribution in [0.5, 0.6) is 5.75 Å². The Kier molecular flexibility index (Phi) is 9.66. The Hall–Kier alpha value is -2.66. The van der Waals surface area contributed by atoms with Crippen LogP contribution in [-0.4, -0.2) is 62.0 Å². The second kappa shape index (κ2) is 12.0. The van der Waals surface area contributed by atoms with Gasteiger partial charge in [-0.1, -0.05) is 22.0 Å². The standard InChI is InChI=1S/C22H27BrO10/c1-11(24)29-10-18-20(30-12(2)25)22(32-14(4)27)21(31-13(3)26)19(33-18)16-8-15(9-23)6-7-17(16)28-5/h6-8,18-22H,9-10H2,1-5H3/t18?,19-,20+,21+,22?/m0/s1. The number of methoxy groups -OCH3 is 1. The van der Waals surface area contributed by atoms with E-state index in [0.717, 1.165) is 5.56 Å². The molecular weight excluding hydrogens is 504 g/mol. The minimum absolute atomic E-state index is 0.297. The third-order valence-corrected chi connectivity index (χ3v) is 5.39. The first kappa shape index (κ1) is 26.6. The van der Waals surface area contributed by atoms with Gasteiger partial charge in [-0.3, -0.25) is 19.2 Å². The Balaban J connectivity index is 2.65. The lowest BCUT2D eigenvalue weighted by Crippen LogP contribution is -2.59. The van der Waals surface area contributed by atoms with Crippen molar-refractivity contribution < 1.29 is 47.6 Å². The number of rotatable bonds is 8. The van der Waals surface area contributed by atoms with E-state index in [-0.39, 0.29) is 6.61 Å². The van der Waals surface area contributed by atoms with Crippen molar-refractivity contribution in [1.29, 1.82) is 0 Å². The predicted molar refractivity (Wildman–Crippen MR) is 117 cm³/mol. The molecule has 0 saturated carbocycles. The van der Waals surface area contributed by atoms with Gasteiger partial charge in [-0.15, -0.1) is 0 Å². The number of alkyl halides is 1. The molecule has 0 bridgehead atoms. The molecule has 0 amide bonds. The largest absolute Gasteiger partial charge is 0.496 e. The van der Waals surface area contributed by atoms with Crippen LogP contribution in [0.4, 0.5) is 0 Å². The highest BCUT2D eigenvalue weighted by Gasteiger charge is 2.53. The van der Waals surface area contributed by atoms with Crippen molar-refractivity contribution in [3.63, 3.8) is 0 Å². The monoisotopic (exact) mass is 530 g/mol. The van der Waals surface area contributed by atoms with E-state index in [1.54, 1.807) is 12.1 Å². The Morgan fingerprint density at radius 2 is 1.45 bits per heavy atom. The third-order valence-electron chi connectivity index (χ3n) is 4.75. The van der Waals surface area contributed by atoms with E-state index in [1.807, 2.05) is 6.07 Å². The van der Waals surface area contributed by atoms with Crippen LogP contribution < -0.4 is 4.74 Å². The number of esters is 4. The topological polar surface area (TPSA) is 124 Å². The molecule has 1 aromatic carbocycles. The van der Waals surface area contributed by atoms with Crippen LogP contribution in [0.25, 0.3) is 0 Å². The molecule has 1 aliphatic rings. The summed E-state index contributed by atoms with van der Waals surface area (Å²) in [7, 11) is 1.47. The van der Waals surface area contributed by atoms with Gasteiger partial charge >= 0.3 is 23.9 Å². The molecule has 2 rings (SSSR count). The van der Waals surface area contributed by atoms with E-state index >= 15 is 0 Å². The van der Waals surface area contributed by atoms with Crippen molar-refractivity contribution >= 4 is 39.8 Å². The van der Waals surface area contributed by atoms with Crippen LogP contribution in [-0.2, 0) is 48.2 Å². The molecule has 0 spiro atoms. The van der Waals surface area contributed by atoms with Gasteiger partial charge in [0, 0.05) is 38.6 Å². The number of halogens is 1. The van der Waals surface area contributed by atoms with Crippen LogP contribution in [0, 0.1) is 0 Å². The van der Waals surface area contributed by atoms with Gasteiger partial charge in [0.15, 0.2) is 18.3 Å². The fourth-order valence-electron chi connectivity index (χ4n) is 3.57. The number of benzene rings is 1. The van der Waals surface area contributed by atoms with Gasteiger partial charge < -0.3 is 28.4 Å². The Morgan fingerprint density at radius 1 is 0.879 bits per heavy atom. The predicted octanol–water partition coefficient (Wildman–Crippen LogP) is 2.39. The summed E-state index contributed by atoms with van der Waals surface area (Å²) in [6, 6.07) is 5.34. The SMILES string of the molecule is COc1ccc(CBr)cc1[C@@H]1OC(COC(C)=O)[C@@H](OC(C)=O)C(OC(C)=O)[C@@H]1OC(C)=O. The summed E-state index contributed by atoms with van der Waals surface area (Å²) in [6.07, 6.45) is -5.68. The van der Waals surface area contributed by atoms with Gasteiger partial charge in [-0.05, 0) is 17.7 Å². The van der Waals surface area contributed by atoms with Gasteiger partial charge in [0.05, 0.1) is 7.11 Å². The maximum atomic E-state index is 12.0. The van der Waals surface area contributed by atoms with Crippen LogP contribution >= 0.6 is 15.9 Å². The molecule has 0 radical (unpaired) electrons. The van der Waals surface area contributed by atoms with Gasteiger partial charge in [-0.2, -0.15) is 0 Å². The van der Waals surface area contributed by atoms with E-state index in [0.29, 0.717) is 16.6 Å². The molecule has 1 aliphatic heterocycles. The summed E-state index contributed by atoms with van der Waals surface area (Å²) in [5, 5.41) is 0.523. The molecule has 10 nitrogen and oxygen atoms in total. The molecule has 33 heavy (non-hydrogen) atoms. The van der Waals surface area contributed by atoms with Crippen LogP contribution in [0.2, 0.25) is 0 Å². The van der Waals surface area contributed by atoms with Crippen molar-refractivity contribution in [2.45, 2.75) is 63.5 Å². The molecule has 0 N–H and O–H groups in total. The molecule has 1 saturated heterocycles. The van der Waals surface area contributed by atoms with Crippen LogP contribution in [0.15, 0.2) is 18.2 Å². The zero-order valence-electron chi connectivity index (χ0n) is 19.0. The quantitative estimate of drug-likeness (QED) is 0.281. The highest BCUT2D eigenvalue weighted by atomic mass is 79.9. The van der Waals surface area contributed by atoms with Crippen molar-refractivity contribution in [1.82, 2.24) is 0 Å².